The minimum absolute atomic E-state index is 2.55. The SMILES string of the molecule is FC1(F)OC(F)(F)C2(OC(F)(Cl)C(F)(Cl)O2)C(F)(F)O1. The third-order valence-corrected chi connectivity index (χ3v) is 2.88. The van der Waals surface area contributed by atoms with Crippen LogP contribution in [0.15, 0.2) is 0 Å². The van der Waals surface area contributed by atoms with Crippen LogP contribution in [0.1, 0.15) is 0 Å². The van der Waals surface area contributed by atoms with E-state index in [4.69, 9.17) is 0 Å². The molecule has 2 saturated heterocycles. The first-order valence-corrected chi connectivity index (χ1v) is 5.03. The Hall–Kier alpha value is -0.140. The lowest BCUT2D eigenvalue weighted by Gasteiger charge is -2.44. The highest BCUT2D eigenvalue weighted by atomic mass is 35.5. The first kappa shape index (κ1) is 16.2. The second kappa shape index (κ2) is 3.79. The molecular formula is C6Cl2F8O4. The van der Waals surface area contributed by atoms with Gasteiger partial charge in [-0.25, -0.2) is 9.47 Å². The van der Waals surface area contributed by atoms with E-state index in [-0.39, 0.29) is 0 Å². The predicted molar refractivity (Wildman–Crippen MR) is 41.3 cm³/mol. The highest BCUT2D eigenvalue weighted by Gasteiger charge is 2.90. The molecule has 0 aromatic carbocycles. The Morgan fingerprint density at radius 3 is 1.15 bits per heavy atom. The number of hydrogen-bond acceptors (Lipinski definition) is 4. The molecule has 20 heavy (non-hydrogen) atoms. The number of alkyl halides is 10. The summed E-state index contributed by atoms with van der Waals surface area (Å²) in [7, 11) is 0. The van der Waals surface area contributed by atoms with Crippen molar-refractivity contribution in [3.63, 3.8) is 0 Å². The van der Waals surface area contributed by atoms with Crippen LogP contribution in [0.4, 0.5) is 35.1 Å². The summed E-state index contributed by atoms with van der Waals surface area (Å²) < 4.78 is 116. The molecule has 0 aliphatic carbocycles. The number of hydrogen-bond donors (Lipinski definition) is 0. The lowest BCUT2D eigenvalue weighted by atomic mass is 10.2. The Morgan fingerprint density at radius 1 is 0.550 bits per heavy atom. The van der Waals surface area contributed by atoms with Crippen LogP contribution in [0.5, 0.6) is 0 Å². The molecule has 2 atom stereocenters. The van der Waals surface area contributed by atoms with Gasteiger partial charge in [0.2, 0.25) is 0 Å². The average Bonchev–Trinajstić information content (AvgIpc) is 2.28. The third kappa shape index (κ3) is 1.96. The molecular weight excluding hydrogens is 359 g/mol. The van der Waals surface area contributed by atoms with Crippen molar-refractivity contribution in [2.45, 2.75) is 34.9 Å². The van der Waals surface area contributed by atoms with Crippen LogP contribution < -0.4 is 0 Å². The van der Waals surface area contributed by atoms with Gasteiger partial charge < -0.3 is 0 Å². The Balaban J connectivity index is 2.55. The van der Waals surface area contributed by atoms with Crippen molar-refractivity contribution >= 4 is 23.2 Å². The smallest absolute Gasteiger partial charge is 0.280 e. The second-order valence-corrected chi connectivity index (χ2v) is 4.53. The zero-order chi connectivity index (χ0) is 15.8. The van der Waals surface area contributed by atoms with Crippen molar-refractivity contribution in [2.24, 2.45) is 0 Å². The summed E-state index contributed by atoms with van der Waals surface area (Å²) >= 11 is 9.04. The van der Waals surface area contributed by atoms with Gasteiger partial charge in [0.1, 0.15) is 0 Å². The molecule has 0 N–H and O–H groups in total. The van der Waals surface area contributed by atoms with Crippen LogP contribution in [0, 0.1) is 0 Å². The van der Waals surface area contributed by atoms with Crippen molar-refractivity contribution in [3.8, 4) is 0 Å². The fourth-order valence-electron chi connectivity index (χ4n) is 1.36. The molecule has 14 heteroatoms. The predicted octanol–water partition coefficient (Wildman–Crippen LogP) is 3.24. The normalized spacial score (nSPS) is 44.7. The average molecular weight is 359 g/mol. The van der Waals surface area contributed by atoms with E-state index < -0.39 is 34.9 Å². The molecule has 2 fully saturated rings. The van der Waals surface area contributed by atoms with Gasteiger partial charge in [-0.15, -0.1) is 8.78 Å². The standard InChI is InChI=1S/C6Cl2F8O4/c7-2(9)3(8,10)18-1(17-2)4(11,12)19-6(15,16)20-5(1,13)14. The molecule has 118 valence electrons. The van der Waals surface area contributed by atoms with E-state index in [0.717, 1.165) is 0 Å². The minimum Gasteiger partial charge on any atom is -0.280 e. The summed E-state index contributed by atoms with van der Waals surface area (Å²) in [4.78, 5) is 0. The van der Waals surface area contributed by atoms with Crippen molar-refractivity contribution < 1.29 is 54.1 Å². The van der Waals surface area contributed by atoms with Crippen LogP contribution in [0.25, 0.3) is 0 Å². The van der Waals surface area contributed by atoms with Gasteiger partial charge in [-0.3, -0.25) is 9.47 Å². The van der Waals surface area contributed by atoms with Crippen molar-refractivity contribution in [1.29, 1.82) is 0 Å². The molecule has 0 radical (unpaired) electrons. The molecule has 2 unspecified atom stereocenters. The van der Waals surface area contributed by atoms with E-state index in [2.05, 4.69) is 42.1 Å². The first-order valence-electron chi connectivity index (χ1n) is 4.27. The quantitative estimate of drug-likeness (QED) is 0.492. The Labute approximate surface area is 113 Å². The van der Waals surface area contributed by atoms with E-state index in [9.17, 15) is 35.1 Å². The summed E-state index contributed by atoms with van der Waals surface area (Å²) in [6.45, 7) is 0. The van der Waals surface area contributed by atoms with Crippen LogP contribution in [0.2, 0.25) is 0 Å². The molecule has 0 bridgehead atoms. The van der Waals surface area contributed by atoms with Crippen molar-refractivity contribution in [2.75, 3.05) is 0 Å². The molecule has 1 spiro atoms. The summed E-state index contributed by atoms with van der Waals surface area (Å²) in [5.74, 6) is -5.12. The zero-order valence-electron chi connectivity index (χ0n) is 8.41. The van der Waals surface area contributed by atoms with Crippen LogP contribution in [-0.4, -0.2) is 34.9 Å². The molecule has 2 aliphatic heterocycles. The summed E-state index contributed by atoms with van der Waals surface area (Å²) in [5.41, 5.74) is 0. The van der Waals surface area contributed by atoms with Gasteiger partial charge in [-0.2, -0.15) is 26.3 Å². The van der Waals surface area contributed by atoms with Gasteiger partial charge >= 0.3 is 34.9 Å². The highest BCUT2D eigenvalue weighted by Crippen LogP contribution is 2.64. The Kier molecular flexibility index (Phi) is 3.07. The lowest BCUT2D eigenvalue weighted by molar-refractivity contribution is -0.635. The number of rotatable bonds is 0. The Morgan fingerprint density at radius 2 is 0.850 bits per heavy atom. The van der Waals surface area contributed by atoms with Crippen LogP contribution >= 0.6 is 23.2 Å². The van der Waals surface area contributed by atoms with Crippen LogP contribution in [-0.2, 0) is 18.9 Å². The molecule has 0 amide bonds. The van der Waals surface area contributed by atoms with Crippen LogP contribution in [0.3, 0.4) is 0 Å². The summed E-state index contributed by atoms with van der Waals surface area (Å²) in [6, 6.07) is 0. The van der Waals surface area contributed by atoms with E-state index in [1.165, 1.54) is 0 Å². The maximum Gasteiger partial charge on any atom is 0.495 e. The molecule has 2 rings (SSSR count). The third-order valence-electron chi connectivity index (χ3n) is 2.14. The van der Waals surface area contributed by atoms with Gasteiger partial charge in [0.05, 0.1) is 0 Å². The van der Waals surface area contributed by atoms with Gasteiger partial charge in [0.25, 0.3) is 0 Å². The van der Waals surface area contributed by atoms with Gasteiger partial charge in [-0.05, 0) is 23.2 Å². The monoisotopic (exact) mass is 358 g/mol. The second-order valence-electron chi connectivity index (χ2n) is 3.56. The van der Waals surface area contributed by atoms with E-state index in [1.54, 1.807) is 0 Å². The van der Waals surface area contributed by atoms with Gasteiger partial charge in [0, 0.05) is 0 Å². The lowest BCUT2D eigenvalue weighted by Crippen LogP contribution is -2.71. The van der Waals surface area contributed by atoms with Crippen molar-refractivity contribution in [3.05, 3.63) is 0 Å². The molecule has 4 nitrogen and oxygen atoms in total. The largest absolute Gasteiger partial charge is 0.495 e. The fraction of sp³-hybridized carbons (Fsp3) is 1.00. The number of halogens is 10. The molecule has 0 aromatic heterocycles. The van der Waals surface area contributed by atoms with Crippen molar-refractivity contribution in [1.82, 2.24) is 0 Å². The van der Waals surface area contributed by atoms with Gasteiger partial charge in [0.15, 0.2) is 0 Å². The maximum absolute atomic E-state index is 13.3. The summed E-state index contributed by atoms with van der Waals surface area (Å²) in [6.07, 6.45) is -17.1. The van der Waals surface area contributed by atoms with E-state index >= 15 is 0 Å². The maximum atomic E-state index is 13.3. The first-order chi connectivity index (χ1) is 8.58. The Bertz CT molecular complexity index is 403. The molecule has 0 saturated carbocycles. The van der Waals surface area contributed by atoms with E-state index in [0.29, 0.717) is 0 Å². The molecule has 2 aliphatic rings. The van der Waals surface area contributed by atoms with Gasteiger partial charge in [-0.1, -0.05) is 0 Å². The van der Waals surface area contributed by atoms with E-state index in [1.807, 2.05) is 0 Å². The minimum atomic E-state index is -5.78. The number of ether oxygens (including phenoxy) is 4. The fourth-order valence-corrected chi connectivity index (χ4v) is 1.66. The topological polar surface area (TPSA) is 36.9 Å². The highest BCUT2D eigenvalue weighted by molar-refractivity contribution is 6.32. The molecule has 0 aromatic rings. The zero-order valence-corrected chi connectivity index (χ0v) is 9.92. The molecule has 2 heterocycles. The summed E-state index contributed by atoms with van der Waals surface area (Å²) in [5, 5.41) is -9.14.